The van der Waals surface area contributed by atoms with E-state index >= 15 is 0 Å². The van der Waals surface area contributed by atoms with Crippen molar-refractivity contribution in [2.24, 2.45) is 0 Å². The van der Waals surface area contributed by atoms with Gasteiger partial charge in [-0.15, -0.1) is 0 Å². The number of imidazole rings is 1. The zero-order valence-corrected chi connectivity index (χ0v) is 15.9. The summed E-state index contributed by atoms with van der Waals surface area (Å²) in [6.45, 7) is 3.90. The number of hydrogen-bond acceptors (Lipinski definition) is 6. The molecule has 0 aliphatic heterocycles. The quantitative estimate of drug-likeness (QED) is 0.509. The lowest BCUT2D eigenvalue weighted by Crippen LogP contribution is -2.05. The van der Waals surface area contributed by atoms with Gasteiger partial charge in [-0.1, -0.05) is 6.07 Å². The molecule has 0 aromatic carbocycles. The zero-order chi connectivity index (χ0) is 19.2. The van der Waals surface area contributed by atoms with Gasteiger partial charge < -0.3 is 0 Å². The Hall–Kier alpha value is -3.13. The van der Waals surface area contributed by atoms with Gasteiger partial charge in [0.15, 0.2) is 0 Å². The number of aryl methyl sites for hydroxylation is 2. The number of pyridine rings is 2. The fourth-order valence-electron chi connectivity index (χ4n) is 2.90. The number of fused-ring (bicyclic) bond motifs is 1. The summed E-state index contributed by atoms with van der Waals surface area (Å²) in [4.78, 5) is 17.5. The van der Waals surface area contributed by atoms with Crippen molar-refractivity contribution in [2.45, 2.75) is 19.0 Å². The fourth-order valence-corrected chi connectivity index (χ4v) is 3.41. The third kappa shape index (κ3) is 3.19. The third-order valence-electron chi connectivity index (χ3n) is 4.12. The maximum Gasteiger partial charge on any atom is 0.247 e. The summed E-state index contributed by atoms with van der Waals surface area (Å²) >= 11 is 0. The first-order chi connectivity index (χ1) is 12.8. The number of aromatic nitrogens is 5. The number of hydrogen-bond donors (Lipinski definition) is 0. The van der Waals surface area contributed by atoms with Crippen LogP contribution in [0.3, 0.4) is 0 Å². The fraction of sp³-hybridized carbons (Fsp3) is 0.158. The van der Waals surface area contributed by atoms with Crippen LogP contribution < -0.4 is 0 Å². The van der Waals surface area contributed by atoms with Gasteiger partial charge in [0.25, 0.3) is 0 Å². The summed E-state index contributed by atoms with van der Waals surface area (Å²) in [5.74, 6) is 0. The minimum atomic E-state index is -3.53. The molecule has 0 fully saturated rings. The average Bonchev–Trinajstić information content (AvgIpc) is 2.99. The van der Waals surface area contributed by atoms with Crippen LogP contribution in [0.15, 0.2) is 53.9 Å². The Labute approximate surface area is 156 Å². The Morgan fingerprint density at radius 1 is 0.963 bits per heavy atom. The number of rotatable bonds is 3. The summed E-state index contributed by atoms with van der Waals surface area (Å²) in [6.07, 6.45) is 4.43. The van der Waals surface area contributed by atoms with E-state index in [1.165, 1.54) is 6.20 Å². The van der Waals surface area contributed by atoms with E-state index < -0.39 is 9.84 Å². The second-order valence-corrected chi connectivity index (χ2v) is 8.31. The second kappa shape index (κ2) is 6.24. The molecule has 0 spiro atoms. The third-order valence-corrected chi connectivity index (χ3v) is 4.98. The van der Waals surface area contributed by atoms with E-state index in [1.807, 2.05) is 54.8 Å². The van der Waals surface area contributed by atoms with Gasteiger partial charge in [0.1, 0.15) is 17.0 Å². The van der Waals surface area contributed by atoms with Crippen molar-refractivity contribution in [1.82, 2.24) is 24.3 Å². The van der Waals surface area contributed by atoms with Crippen LogP contribution in [0.2, 0.25) is 0 Å². The van der Waals surface area contributed by atoms with Crippen molar-refractivity contribution in [1.29, 1.82) is 0 Å². The Kier molecular flexibility index (Phi) is 4.00. The van der Waals surface area contributed by atoms with Crippen molar-refractivity contribution in [3.63, 3.8) is 0 Å². The molecular formula is C19H17N5O2S. The van der Waals surface area contributed by atoms with Crippen LogP contribution in [0.5, 0.6) is 0 Å². The lowest BCUT2D eigenvalue weighted by molar-refractivity contribution is 0.593. The predicted molar refractivity (Wildman–Crippen MR) is 102 cm³/mol. The second-order valence-electron chi connectivity index (χ2n) is 6.40. The zero-order valence-electron chi connectivity index (χ0n) is 15.1. The summed E-state index contributed by atoms with van der Waals surface area (Å²) in [5, 5.41) is -0.217. The van der Waals surface area contributed by atoms with Crippen molar-refractivity contribution >= 4 is 15.5 Å². The molecule has 0 saturated carbocycles. The minimum absolute atomic E-state index is 0.217. The molecule has 4 rings (SSSR count). The highest BCUT2D eigenvalue weighted by atomic mass is 32.2. The monoisotopic (exact) mass is 379 g/mol. The first-order valence-corrected chi connectivity index (χ1v) is 10.2. The Bertz CT molecular complexity index is 1280. The van der Waals surface area contributed by atoms with Gasteiger partial charge in [0.05, 0.1) is 11.4 Å². The summed E-state index contributed by atoms with van der Waals surface area (Å²) in [6, 6.07) is 11.3. The molecule has 4 heterocycles. The number of sulfone groups is 1. The van der Waals surface area contributed by atoms with Crippen LogP contribution in [-0.2, 0) is 9.84 Å². The largest absolute Gasteiger partial charge is 0.298 e. The molecule has 0 aliphatic carbocycles. The molecule has 0 saturated heterocycles. The van der Waals surface area contributed by atoms with E-state index in [9.17, 15) is 8.42 Å². The van der Waals surface area contributed by atoms with Crippen molar-refractivity contribution in [3.8, 4) is 22.8 Å². The standard InChI is InChI=1S/C19H17N5O2S/c1-12-8-10-24-16(11-12)23-17(14-6-4-5-13(2)21-14)18(24)15-7-9-20-19(22-15)27(3,25)26/h4-11H,1-3H3. The molecule has 0 amide bonds. The first kappa shape index (κ1) is 17.3. The molecule has 0 N–H and O–H groups in total. The van der Waals surface area contributed by atoms with Crippen molar-refractivity contribution in [3.05, 3.63) is 60.0 Å². The topological polar surface area (TPSA) is 90.1 Å². The molecule has 4 aromatic rings. The van der Waals surface area contributed by atoms with E-state index in [1.54, 1.807) is 6.07 Å². The van der Waals surface area contributed by atoms with E-state index in [4.69, 9.17) is 4.98 Å². The van der Waals surface area contributed by atoms with Gasteiger partial charge >= 0.3 is 0 Å². The highest BCUT2D eigenvalue weighted by molar-refractivity contribution is 7.90. The van der Waals surface area contributed by atoms with Gasteiger partial charge in [0, 0.05) is 24.3 Å². The molecule has 8 heteroatoms. The van der Waals surface area contributed by atoms with Crippen molar-refractivity contribution in [2.75, 3.05) is 6.26 Å². The van der Waals surface area contributed by atoms with E-state index in [-0.39, 0.29) is 5.16 Å². The highest BCUT2D eigenvalue weighted by Gasteiger charge is 2.20. The lowest BCUT2D eigenvalue weighted by atomic mass is 10.1. The maximum absolute atomic E-state index is 11.9. The normalized spacial score (nSPS) is 11.8. The molecule has 7 nitrogen and oxygen atoms in total. The van der Waals surface area contributed by atoms with Crippen LogP contribution in [0.1, 0.15) is 11.3 Å². The Balaban J connectivity index is 2.06. The molecule has 0 radical (unpaired) electrons. The molecule has 0 aliphatic rings. The summed E-state index contributed by atoms with van der Waals surface area (Å²) < 4.78 is 25.7. The first-order valence-electron chi connectivity index (χ1n) is 8.29. The molecule has 0 bridgehead atoms. The SMILES string of the molecule is Cc1ccn2c(-c3ccnc(S(C)(=O)=O)n3)c(-c3cccc(C)n3)nc2c1. The summed E-state index contributed by atoms with van der Waals surface area (Å²) in [7, 11) is -3.53. The van der Waals surface area contributed by atoms with Gasteiger partial charge in [-0.3, -0.25) is 9.38 Å². The van der Waals surface area contributed by atoms with Gasteiger partial charge in [-0.05, 0) is 49.7 Å². The van der Waals surface area contributed by atoms with Crippen molar-refractivity contribution < 1.29 is 8.42 Å². The van der Waals surface area contributed by atoms with Crippen LogP contribution >= 0.6 is 0 Å². The minimum Gasteiger partial charge on any atom is -0.298 e. The molecular weight excluding hydrogens is 362 g/mol. The molecule has 4 aromatic heterocycles. The maximum atomic E-state index is 11.9. The Morgan fingerprint density at radius 2 is 1.78 bits per heavy atom. The molecule has 136 valence electrons. The lowest BCUT2D eigenvalue weighted by Gasteiger charge is -2.06. The van der Waals surface area contributed by atoms with E-state index in [0.29, 0.717) is 22.8 Å². The predicted octanol–water partition coefficient (Wildman–Crippen LogP) is 2.87. The van der Waals surface area contributed by atoms with Gasteiger partial charge in [0.2, 0.25) is 15.0 Å². The van der Waals surface area contributed by atoms with E-state index in [2.05, 4.69) is 15.0 Å². The average molecular weight is 379 g/mol. The molecule has 0 unspecified atom stereocenters. The molecule has 0 atom stereocenters. The van der Waals surface area contributed by atoms with Crippen LogP contribution in [0.25, 0.3) is 28.4 Å². The van der Waals surface area contributed by atoms with Gasteiger partial charge in [-0.2, -0.15) is 0 Å². The summed E-state index contributed by atoms with van der Waals surface area (Å²) in [5.41, 5.74) is 5.17. The smallest absolute Gasteiger partial charge is 0.247 e. The van der Waals surface area contributed by atoms with Crippen LogP contribution in [-0.4, -0.2) is 39.0 Å². The highest BCUT2D eigenvalue weighted by Crippen LogP contribution is 2.31. The van der Waals surface area contributed by atoms with Crippen LogP contribution in [0.4, 0.5) is 0 Å². The Morgan fingerprint density at radius 3 is 2.52 bits per heavy atom. The van der Waals surface area contributed by atoms with Gasteiger partial charge in [-0.25, -0.2) is 23.4 Å². The van der Waals surface area contributed by atoms with E-state index in [0.717, 1.165) is 23.2 Å². The molecule has 27 heavy (non-hydrogen) atoms. The number of nitrogens with zero attached hydrogens (tertiary/aromatic N) is 5. The van der Waals surface area contributed by atoms with Crippen LogP contribution in [0, 0.1) is 13.8 Å².